The van der Waals surface area contributed by atoms with E-state index in [-0.39, 0.29) is 5.97 Å². The molecule has 0 aliphatic heterocycles. The van der Waals surface area contributed by atoms with Gasteiger partial charge in [0.25, 0.3) is 0 Å². The highest BCUT2D eigenvalue weighted by Gasteiger charge is 2.36. The summed E-state index contributed by atoms with van der Waals surface area (Å²) < 4.78 is 10.8. The average Bonchev–Trinajstić information content (AvgIpc) is 2.65. The number of methoxy groups -OCH3 is 1. The van der Waals surface area contributed by atoms with Crippen LogP contribution in [0.1, 0.15) is 73.7 Å². The van der Waals surface area contributed by atoms with Crippen molar-refractivity contribution in [2.45, 2.75) is 63.9 Å². The Morgan fingerprint density at radius 1 is 1.04 bits per heavy atom. The Balaban J connectivity index is 1.57. The first-order chi connectivity index (χ1) is 11.7. The molecule has 0 aromatic heterocycles. The SMILES string of the molecule is CCCOC1CCC2CC(c3ccc(C(=O)OC)cc3)CCC2C1. The summed E-state index contributed by atoms with van der Waals surface area (Å²) in [5.41, 5.74) is 2.02. The highest BCUT2D eigenvalue weighted by atomic mass is 16.5. The van der Waals surface area contributed by atoms with Crippen LogP contribution in [0.4, 0.5) is 0 Å². The molecule has 0 saturated heterocycles. The van der Waals surface area contributed by atoms with Crippen molar-refractivity contribution in [3.63, 3.8) is 0 Å². The first kappa shape index (κ1) is 17.5. The molecule has 0 N–H and O–H groups in total. The quantitative estimate of drug-likeness (QED) is 0.716. The topological polar surface area (TPSA) is 35.5 Å². The third kappa shape index (κ3) is 4.00. The number of carbonyl (C=O) groups is 1. The van der Waals surface area contributed by atoms with Gasteiger partial charge in [-0.2, -0.15) is 0 Å². The van der Waals surface area contributed by atoms with E-state index in [0.717, 1.165) is 24.9 Å². The normalized spacial score (nSPS) is 29.8. The highest BCUT2D eigenvalue weighted by molar-refractivity contribution is 5.89. The lowest BCUT2D eigenvalue weighted by molar-refractivity contribution is -0.0147. The molecular weight excluding hydrogens is 300 g/mol. The summed E-state index contributed by atoms with van der Waals surface area (Å²) in [6.07, 6.45) is 9.31. The van der Waals surface area contributed by atoms with Crippen molar-refractivity contribution < 1.29 is 14.3 Å². The van der Waals surface area contributed by atoms with Crippen molar-refractivity contribution in [2.24, 2.45) is 11.8 Å². The molecule has 2 aliphatic carbocycles. The first-order valence-electron chi connectivity index (χ1n) is 9.51. The van der Waals surface area contributed by atoms with E-state index in [9.17, 15) is 4.79 Å². The minimum absolute atomic E-state index is 0.254. The number of fused-ring (bicyclic) bond motifs is 1. The van der Waals surface area contributed by atoms with Gasteiger partial charge in [0.2, 0.25) is 0 Å². The Morgan fingerprint density at radius 2 is 1.75 bits per heavy atom. The maximum atomic E-state index is 11.6. The molecule has 2 saturated carbocycles. The van der Waals surface area contributed by atoms with Crippen LogP contribution >= 0.6 is 0 Å². The van der Waals surface area contributed by atoms with Gasteiger partial charge in [-0.3, -0.25) is 0 Å². The highest BCUT2D eigenvalue weighted by Crippen LogP contribution is 2.46. The number of hydrogen-bond donors (Lipinski definition) is 0. The largest absolute Gasteiger partial charge is 0.465 e. The molecule has 3 nitrogen and oxygen atoms in total. The maximum Gasteiger partial charge on any atom is 0.337 e. The van der Waals surface area contributed by atoms with Crippen LogP contribution < -0.4 is 0 Å². The molecule has 24 heavy (non-hydrogen) atoms. The molecule has 0 radical (unpaired) electrons. The van der Waals surface area contributed by atoms with E-state index in [2.05, 4.69) is 19.1 Å². The molecular formula is C21H30O3. The van der Waals surface area contributed by atoms with E-state index in [1.165, 1.54) is 51.2 Å². The minimum Gasteiger partial charge on any atom is -0.465 e. The van der Waals surface area contributed by atoms with Crippen molar-refractivity contribution >= 4 is 5.97 Å². The Hall–Kier alpha value is -1.35. The van der Waals surface area contributed by atoms with Gasteiger partial charge in [-0.25, -0.2) is 4.79 Å². The second kappa shape index (κ2) is 8.15. The second-order valence-corrected chi connectivity index (χ2v) is 7.45. The van der Waals surface area contributed by atoms with Gasteiger partial charge in [0.15, 0.2) is 0 Å². The van der Waals surface area contributed by atoms with Crippen LogP contribution in [0.15, 0.2) is 24.3 Å². The fraction of sp³-hybridized carbons (Fsp3) is 0.667. The molecule has 0 bridgehead atoms. The van der Waals surface area contributed by atoms with Gasteiger partial charge >= 0.3 is 5.97 Å². The van der Waals surface area contributed by atoms with Crippen molar-refractivity contribution in [3.05, 3.63) is 35.4 Å². The van der Waals surface area contributed by atoms with Crippen LogP contribution in [-0.4, -0.2) is 25.8 Å². The van der Waals surface area contributed by atoms with Crippen LogP contribution in [0.2, 0.25) is 0 Å². The predicted molar refractivity (Wildman–Crippen MR) is 95.2 cm³/mol. The zero-order valence-electron chi connectivity index (χ0n) is 15.0. The zero-order valence-corrected chi connectivity index (χ0v) is 15.0. The molecule has 0 amide bonds. The lowest BCUT2D eigenvalue weighted by Crippen LogP contribution is -2.33. The Kier molecular flexibility index (Phi) is 5.94. The summed E-state index contributed by atoms with van der Waals surface area (Å²) in [4.78, 5) is 11.6. The van der Waals surface area contributed by atoms with Crippen molar-refractivity contribution in [1.29, 1.82) is 0 Å². The van der Waals surface area contributed by atoms with Gasteiger partial charge in [0.1, 0.15) is 0 Å². The van der Waals surface area contributed by atoms with E-state index >= 15 is 0 Å². The van der Waals surface area contributed by atoms with Crippen LogP contribution in [0.5, 0.6) is 0 Å². The number of hydrogen-bond acceptors (Lipinski definition) is 3. The monoisotopic (exact) mass is 330 g/mol. The summed E-state index contributed by atoms with van der Waals surface area (Å²) in [6, 6.07) is 8.05. The summed E-state index contributed by atoms with van der Waals surface area (Å²) in [7, 11) is 1.43. The summed E-state index contributed by atoms with van der Waals surface area (Å²) in [6.45, 7) is 3.10. The van der Waals surface area contributed by atoms with Gasteiger partial charge in [0.05, 0.1) is 18.8 Å². The van der Waals surface area contributed by atoms with Crippen molar-refractivity contribution in [3.8, 4) is 0 Å². The number of carbonyl (C=O) groups excluding carboxylic acids is 1. The first-order valence-corrected chi connectivity index (χ1v) is 9.51. The molecule has 3 heteroatoms. The van der Waals surface area contributed by atoms with Gasteiger partial charge in [-0.05, 0) is 80.4 Å². The fourth-order valence-electron chi connectivity index (χ4n) is 4.59. The van der Waals surface area contributed by atoms with E-state index in [0.29, 0.717) is 17.6 Å². The number of ether oxygens (including phenoxy) is 2. The van der Waals surface area contributed by atoms with E-state index in [1.807, 2.05) is 12.1 Å². The molecule has 4 atom stereocenters. The van der Waals surface area contributed by atoms with E-state index in [4.69, 9.17) is 9.47 Å². The van der Waals surface area contributed by atoms with E-state index < -0.39 is 0 Å². The average molecular weight is 330 g/mol. The lowest BCUT2D eigenvalue weighted by Gasteiger charge is -2.42. The summed E-state index contributed by atoms with van der Waals surface area (Å²) in [5, 5.41) is 0. The Bertz CT molecular complexity index is 537. The van der Waals surface area contributed by atoms with Gasteiger partial charge in [-0.1, -0.05) is 19.1 Å². The predicted octanol–water partition coefficient (Wildman–Crippen LogP) is 4.95. The van der Waals surface area contributed by atoms with E-state index in [1.54, 1.807) is 0 Å². The lowest BCUT2D eigenvalue weighted by atomic mass is 9.65. The molecule has 1 aromatic rings. The Labute approximate surface area is 145 Å². The van der Waals surface area contributed by atoms with Crippen LogP contribution in [0.3, 0.4) is 0 Å². The third-order valence-electron chi connectivity index (χ3n) is 5.93. The summed E-state index contributed by atoms with van der Waals surface area (Å²) >= 11 is 0. The summed E-state index contributed by atoms with van der Waals surface area (Å²) in [5.74, 6) is 2.10. The number of esters is 1. The maximum absolute atomic E-state index is 11.6. The smallest absolute Gasteiger partial charge is 0.337 e. The minimum atomic E-state index is -0.254. The molecule has 3 rings (SSSR count). The third-order valence-corrected chi connectivity index (χ3v) is 5.93. The molecule has 0 spiro atoms. The van der Waals surface area contributed by atoms with Gasteiger partial charge in [0, 0.05) is 6.61 Å². The standard InChI is InChI=1S/C21H30O3/c1-3-12-24-20-11-10-18-13-17(8-9-19(18)14-20)15-4-6-16(7-5-15)21(22)23-2/h4-7,17-20H,3,8-14H2,1-2H3. The molecule has 132 valence electrons. The molecule has 4 unspecified atom stereocenters. The molecule has 0 heterocycles. The molecule has 2 aliphatic rings. The fourth-order valence-corrected chi connectivity index (χ4v) is 4.59. The second-order valence-electron chi connectivity index (χ2n) is 7.45. The number of benzene rings is 1. The molecule has 2 fully saturated rings. The van der Waals surface area contributed by atoms with Crippen molar-refractivity contribution in [2.75, 3.05) is 13.7 Å². The van der Waals surface area contributed by atoms with Crippen LogP contribution in [-0.2, 0) is 9.47 Å². The van der Waals surface area contributed by atoms with Crippen molar-refractivity contribution in [1.82, 2.24) is 0 Å². The van der Waals surface area contributed by atoms with Crippen LogP contribution in [0.25, 0.3) is 0 Å². The molecule has 1 aromatic carbocycles. The Morgan fingerprint density at radius 3 is 2.46 bits per heavy atom. The van der Waals surface area contributed by atoms with Gasteiger partial charge < -0.3 is 9.47 Å². The zero-order chi connectivity index (χ0) is 16.9. The van der Waals surface area contributed by atoms with Gasteiger partial charge in [-0.15, -0.1) is 0 Å². The van der Waals surface area contributed by atoms with Crippen LogP contribution in [0, 0.1) is 11.8 Å². The number of rotatable bonds is 5.